The van der Waals surface area contributed by atoms with Gasteiger partial charge in [0.05, 0.1) is 0 Å². The van der Waals surface area contributed by atoms with Crippen LogP contribution in [0.15, 0.2) is 315 Å². The van der Waals surface area contributed by atoms with Crippen LogP contribution in [0.1, 0.15) is 277 Å². The average Bonchev–Trinajstić information content (AvgIpc) is 0.796. The molecule has 624 valence electrons. The lowest BCUT2D eigenvalue weighted by Crippen LogP contribution is -2.18. The zero-order valence-electron chi connectivity index (χ0n) is 80.2. The summed E-state index contributed by atoms with van der Waals surface area (Å²) in [5, 5.41) is 13.2. The Bertz CT molecular complexity index is 3920. The van der Waals surface area contributed by atoms with Crippen molar-refractivity contribution in [3.63, 3.8) is 0 Å². The van der Waals surface area contributed by atoms with Crippen molar-refractivity contribution in [1.82, 2.24) is 0 Å². The second-order valence-corrected chi connectivity index (χ2v) is 22.6. The molecule has 14 rings (SSSR count). The van der Waals surface area contributed by atoms with Crippen molar-refractivity contribution in [2.75, 3.05) is 0 Å². The fourth-order valence-electron chi connectivity index (χ4n) is 10.2. The van der Waals surface area contributed by atoms with Crippen molar-refractivity contribution in [2.24, 2.45) is 0 Å². The molecule has 0 heterocycles. The predicted molar refractivity (Wildman–Crippen MR) is 538 cm³/mol. The van der Waals surface area contributed by atoms with E-state index in [-0.39, 0.29) is 5.41 Å². The van der Waals surface area contributed by atoms with Crippen LogP contribution in [0.4, 0.5) is 0 Å². The minimum atomic E-state index is 0.0708. The number of benzene rings is 14. The minimum Gasteiger partial charge on any atom is -0.0683 e. The zero-order valence-corrected chi connectivity index (χ0v) is 80.2. The summed E-state index contributed by atoms with van der Waals surface area (Å²) in [5.41, 5.74) is 16.0. The zero-order chi connectivity index (χ0) is 88.7. The van der Waals surface area contributed by atoms with Crippen molar-refractivity contribution in [2.45, 2.75) is 275 Å². The van der Waals surface area contributed by atoms with Crippen LogP contribution in [-0.4, -0.2) is 0 Å². The van der Waals surface area contributed by atoms with Crippen LogP contribution >= 0.6 is 0 Å². The third kappa shape index (κ3) is 47.2. The van der Waals surface area contributed by atoms with Crippen LogP contribution in [-0.2, 0) is 11.8 Å². The van der Waals surface area contributed by atoms with Crippen molar-refractivity contribution < 1.29 is 0 Å². The van der Waals surface area contributed by atoms with E-state index in [1.54, 1.807) is 0 Å². The van der Waals surface area contributed by atoms with Gasteiger partial charge >= 0.3 is 0 Å². The predicted octanol–water partition coefficient (Wildman–Crippen LogP) is 38.7. The lowest BCUT2D eigenvalue weighted by atomic mass is 9.78. The first kappa shape index (κ1) is 118. The summed E-state index contributed by atoms with van der Waals surface area (Å²) in [7, 11) is 0. The average molecular weight is 1540 g/mol. The molecule has 0 aliphatic heterocycles. The third-order valence-corrected chi connectivity index (χ3v) is 15.6. The van der Waals surface area contributed by atoms with E-state index in [0.717, 1.165) is 6.42 Å². The van der Waals surface area contributed by atoms with Crippen LogP contribution in [0.5, 0.6) is 0 Å². The van der Waals surface area contributed by atoms with Crippen molar-refractivity contribution in [3.05, 3.63) is 371 Å². The highest BCUT2D eigenvalue weighted by molar-refractivity contribution is 6.07. The van der Waals surface area contributed by atoms with Gasteiger partial charge in [0.25, 0.3) is 0 Å². The van der Waals surface area contributed by atoms with Crippen molar-refractivity contribution >= 4 is 53.9 Å². The summed E-state index contributed by atoms with van der Waals surface area (Å²) >= 11 is 0. The Hall–Kier alpha value is -9.62. The van der Waals surface area contributed by atoms with E-state index in [1.807, 2.05) is 208 Å². The second kappa shape index (κ2) is 81.4. The Balaban J connectivity index is -0.000000226. The maximum Gasteiger partial charge on any atom is 0.0146 e. The summed E-state index contributed by atoms with van der Waals surface area (Å²) < 4.78 is 0. The van der Waals surface area contributed by atoms with Gasteiger partial charge < -0.3 is 0 Å². The number of fused-ring (bicyclic) bond motifs is 6. The molecule has 0 aromatic heterocycles. The second-order valence-electron chi connectivity index (χ2n) is 22.6. The molecule has 0 aliphatic rings. The number of hydrogen-bond acceptors (Lipinski definition) is 0. The van der Waals surface area contributed by atoms with Gasteiger partial charge in [0.15, 0.2) is 0 Å². The summed E-state index contributed by atoms with van der Waals surface area (Å²) in [6.07, 6.45) is 1.03. The molecule has 0 bridgehead atoms. The smallest absolute Gasteiger partial charge is 0.0146 e. The molecule has 0 heteroatoms. The largest absolute Gasteiger partial charge is 0.0683 e. The quantitative estimate of drug-likeness (QED) is 0.119. The lowest BCUT2D eigenvalue weighted by Gasteiger charge is -2.26. The fraction of sp³-hybridized carbons (Fsp3) is 0.351. The van der Waals surface area contributed by atoms with Crippen LogP contribution in [0, 0.1) is 41.5 Å². The first-order valence-electron chi connectivity index (χ1n) is 44.4. The monoisotopic (exact) mass is 1540 g/mol. The first-order chi connectivity index (χ1) is 55.8. The highest BCUT2D eigenvalue weighted by Gasteiger charge is 2.22. The van der Waals surface area contributed by atoms with Crippen LogP contribution in [0.3, 0.4) is 0 Å². The van der Waals surface area contributed by atoms with Gasteiger partial charge in [-0.15, -0.1) is 0 Å². The van der Waals surface area contributed by atoms with Gasteiger partial charge in [-0.1, -0.05) is 558 Å². The van der Waals surface area contributed by atoms with Gasteiger partial charge in [0.1, 0.15) is 0 Å². The van der Waals surface area contributed by atoms with Gasteiger partial charge in [-0.2, -0.15) is 0 Å². The molecule has 114 heavy (non-hydrogen) atoms. The van der Waals surface area contributed by atoms with Crippen molar-refractivity contribution in [3.8, 4) is 11.1 Å². The van der Waals surface area contributed by atoms with Crippen LogP contribution in [0.25, 0.3) is 65.0 Å². The van der Waals surface area contributed by atoms with E-state index >= 15 is 0 Å². The topological polar surface area (TPSA) is 0 Å². The molecule has 0 saturated heterocycles. The summed E-state index contributed by atoms with van der Waals surface area (Å²) in [4.78, 5) is 0. The van der Waals surface area contributed by atoms with Crippen LogP contribution in [0.2, 0.25) is 0 Å². The highest BCUT2D eigenvalue weighted by Crippen LogP contribution is 2.32. The standard InChI is InChI=1S/C17H20.C15H16.2C14H10.C14H14.C10H8.15C2H6/c1-13-5-9-15(10-6-13)17(3,4)16-11-7-14(2)8-12-16;1-12-3-7-14(8-4-12)11-15-9-5-13(2)6-10-15;1-3-7-13-11(5-1)9-10-12-6-2-4-8-14(12)13;1-2-6-12-10-14-8-4-3-7-13(14)9-11(12)5-1;1-11-3-7-13(8-4-11)14-9-5-12(2)6-10-14;1-2-6-10-8-4-3-7-9(10)5-1;15*1-2/h5-12H,1-4H3;3-10H,11H2,1-2H3;2*1-10H;3-10H,1-2H3;1-8H;15*1-2H3. The summed E-state index contributed by atoms with van der Waals surface area (Å²) in [5.74, 6) is 0. The molecule has 0 saturated carbocycles. The van der Waals surface area contributed by atoms with Gasteiger partial charge in [-0.25, -0.2) is 0 Å². The van der Waals surface area contributed by atoms with E-state index in [0.29, 0.717) is 0 Å². The van der Waals surface area contributed by atoms with E-state index in [1.165, 1.54) is 121 Å². The molecular formula is C114H168. The molecule has 0 atom stereocenters. The van der Waals surface area contributed by atoms with Gasteiger partial charge in [-0.05, 0) is 147 Å². The molecule has 0 fully saturated rings. The van der Waals surface area contributed by atoms with Crippen molar-refractivity contribution in [1.29, 1.82) is 0 Å². The molecular weight excluding hydrogens is 1370 g/mol. The molecule has 0 nitrogen and oxygen atoms in total. The highest BCUT2D eigenvalue weighted by atomic mass is 14.3. The Morgan fingerprint density at radius 1 is 0.167 bits per heavy atom. The van der Waals surface area contributed by atoms with Gasteiger partial charge in [0, 0.05) is 5.41 Å². The Morgan fingerprint density at radius 3 is 0.544 bits per heavy atom. The molecule has 0 aliphatic carbocycles. The number of aryl methyl sites for hydroxylation is 6. The first-order valence-corrected chi connectivity index (χ1v) is 44.4. The fourth-order valence-corrected chi connectivity index (χ4v) is 10.2. The van der Waals surface area contributed by atoms with E-state index in [4.69, 9.17) is 0 Å². The third-order valence-electron chi connectivity index (χ3n) is 15.6. The Kier molecular flexibility index (Phi) is 84.0. The molecule has 0 radical (unpaired) electrons. The lowest BCUT2D eigenvalue weighted by molar-refractivity contribution is 0.640. The van der Waals surface area contributed by atoms with E-state index in [9.17, 15) is 0 Å². The maximum absolute atomic E-state index is 2.28. The SMILES string of the molecule is CC.CC.CC.CC.CC.CC.CC.CC.CC.CC.CC.CC.CC.CC.CC.Cc1ccc(-c2ccc(C)cc2)cc1.Cc1ccc(C(C)(C)c2ccc(C)cc2)cc1.Cc1ccc(Cc2ccc(C)cc2)cc1.c1ccc2c(c1)ccc1ccccc12.c1ccc2cc3ccccc3cc2c1.c1ccc2ccccc2c1. The molecule has 0 unspecified atom stereocenters. The molecule has 14 aromatic rings. The number of rotatable bonds is 5. The molecule has 0 N–H and O–H groups in total. The summed E-state index contributed by atoms with van der Waals surface area (Å²) in [6.45, 7) is 77.3. The van der Waals surface area contributed by atoms with Gasteiger partial charge in [0.2, 0.25) is 0 Å². The summed E-state index contributed by atoms with van der Waals surface area (Å²) in [6, 6.07) is 112. The minimum absolute atomic E-state index is 0.0708. The number of hydrogen-bond donors (Lipinski definition) is 0. The van der Waals surface area contributed by atoms with Gasteiger partial charge in [-0.3, -0.25) is 0 Å². The molecule has 0 amide bonds. The Morgan fingerprint density at radius 2 is 0.333 bits per heavy atom. The molecule has 0 spiro atoms. The molecule has 14 aromatic carbocycles. The maximum atomic E-state index is 2.28. The van der Waals surface area contributed by atoms with Crippen LogP contribution < -0.4 is 0 Å². The van der Waals surface area contributed by atoms with E-state index in [2.05, 4.69) is 371 Å². The Labute approximate surface area is 706 Å². The van der Waals surface area contributed by atoms with E-state index < -0.39 is 0 Å². The normalized spacial score (nSPS) is 8.65.